The summed E-state index contributed by atoms with van der Waals surface area (Å²) in [5, 5.41) is 6.19. The van der Waals surface area contributed by atoms with Crippen LogP contribution >= 0.6 is 23.2 Å². The molecule has 3 aromatic rings. The minimum absolute atomic E-state index is 0.0579. The lowest BCUT2D eigenvalue weighted by Crippen LogP contribution is -2.32. The first-order chi connectivity index (χ1) is 16.6. The van der Waals surface area contributed by atoms with Gasteiger partial charge in [0.15, 0.2) is 0 Å². The highest BCUT2D eigenvalue weighted by atomic mass is 35.5. The van der Waals surface area contributed by atoms with Gasteiger partial charge in [0.05, 0.1) is 5.69 Å². The molecule has 8 heteroatoms. The molecule has 1 aliphatic rings. The molecule has 0 bridgehead atoms. The quantitative estimate of drug-likeness (QED) is 0.399. The Morgan fingerprint density at radius 1 is 0.800 bits per heavy atom. The predicted molar refractivity (Wildman–Crippen MR) is 140 cm³/mol. The maximum Gasteiger partial charge on any atom is 0.283 e. The van der Waals surface area contributed by atoms with E-state index in [-0.39, 0.29) is 16.6 Å². The second-order valence-corrected chi connectivity index (χ2v) is 9.31. The smallest absolute Gasteiger partial charge is 0.283 e. The van der Waals surface area contributed by atoms with Crippen LogP contribution in [0.25, 0.3) is 0 Å². The summed E-state index contributed by atoms with van der Waals surface area (Å²) in [5.41, 5.74) is 5.76. The van der Waals surface area contributed by atoms with E-state index in [0.29, 0.717) is 22.0 Å². The normalized spacial score (nSPS) is 13.5. The van der Waals surface area contributed by atoms with Crippen LogP contribution in [-0.2, 0) is 9.59 Å². The highest BCUT2D eigenvalue weighted by molar-refractivity contribution is 6.53. The number of nitrogens with one attached hydrogen (secondary N) is 2. The van der Waals surface area contributed by atoms with E-state index in [1.54, 1.807) is 42.5 Å². The van der Waals surface area contributed by atoms with E-state index < -0.39 is 11.8 Å². The van der Waals surface area contributed by atoms with Gasteiger partial charge >= 0.3 is 0 Å². The number of benzene rings is 3. The second-order valence-electron chi connectivity index (χ2n) is 8.49. The second kappa shape index (κ2) is 9.56. The Bertz CT molecular complexity index is 1390. The molecular formula is C27H23Cl2N3O3. The molecule has 0 aromatic heterocycles. The zero-order valence-electron chi connectivity index (χ0n) is 19.6. The van der Waals surface area contributed by atoms with Crippen molar-refractivity contribution in [3.8, 4) is 0 Å². The van der Waals surface area contributed by atoms with Crippen LogP contribution in [-0.4, -0.2) is 17.7 Å². The third-order valence-corrected chi connectivity index (χ3v) is 6.39. The summed E-state index contributed by atoms with van der Waals surface area (Å²) < 4.78 is 0. The molecule has 0 fully saturated rings. The van der Waals surface area contributed by atoms with Crippen molar-refractivity contribution in [2.24, 2.45) is 0 Å². The van der Waals surface area contributed by atoms with Crippen LogP contribution in [0.2, 0.25) is 5.02 Å². The molecule has 3 amide bonds. The largest absolute Gasteiger partial charge is 0.349 e. The van der Waals surface area contributed by atoms with E-state index in [1.165, 1.54) is 0 Å². The Kier molecular flexibility index (Phi) is 6.70. The molecule has 1 aliphatic heterocycles. The fourth-order valence-electron chi connectivity index (χ4n) is 4.03. The summed E-state index contributed by atoms with van der Waals surface area (Å²) in [6.45, 7) is 7.72. The van der Waals surface area contributed by atoms with Gasteiger partial charge in [-0.05, 0) is 80.8 Å². The molecule has 0 atom stereocenters. The van der Waals surface area contributed by atoms with Crippen molar-refractivity contribution in [3.63, 3.8) is 0 Å². The van der Waals surface area contributed by atoms with E-state index in [1.807, 2.05) is 39.8 Å². The third-order valence-electron chi connectivity index (χ3n) is 5.79. The molecular weight excluding hydrogens is 485 g/mol. The van der Waals surface area contributed by atoms with Crippen LogP contribution in [0.3, 0.4) is 0 Å². The molecule has 2 N–H and O–H groups in total. The maximum atomic E-state index is 13.1. The Morgan fingerprint density at radius 2 is 1.43 bits per heavy atom. The molecule has 0 aliphatic carbocycles. The van der Waals surface area contributed by atoms with Gasteiger partial charge in [0.25, 0.3) is 17.7 Å². The van der Waals surface area contributed by atoms with Gasteiger partial charge in [0.2, 0.25) is 0 Å². The standard InChI is InChI=1S/C27H23Cl2N3O3/c1-14-11-16(3)23(17(4)12-14)31-25(33)18-6-5-15(2)21(13-18)30-24-22(29)26(34)32(27(24)35)20-9-7-19(28)8-10-20/h5-13,30H,1-4H3,(H,31,33). The Balaban J connectivity index is 1.60. The molecule has 0 saturated heterocycles. The van der Waals surface area contributed by atoms with E-state index in [4.69, 9.17) is 23.2 Å². The fraction of sp³-hybridized carbons (Fsp3) is 0.148. The van der Waals surface area contributed by atoms with Crippen molar-refractivity contribution in [1.29, 1.82) is 0 Å². The first kappa shape index (κ1) is 24.5. The number of carbonyl (C=O) groups excluding carboxylic acids is 3. The van der Waals surface area contributed by atoms with Crippen molar-refractivity contribution in [2.45, 2.75) is 27.7 Å². The van der Waals surface area contributed by atoms with E-state index in [9.17, 15) is 14.4 Å². The van der Waals surface area contributed by atoms with Crippen molar-refractivity contribution in [2.75, 3.05) is 15.5 Å². The molecule has 0 unspecified atom stereocenters. The first-order valence-corrected chi connectivity index (χ1v) is 11.6. The lowest BCUT2D eigenvalue weighted by molar-refractivity contribution is -0.120. The van der Waals surface area contributed by atoms with E-state index in [2.05, 4.69) is 10.6 Å². The van der Waals surface area contributed by atoms with Gasteiger partial charge in [-0.25, -0.2) is 4.90 Å². The monoisotopic (exact) mass is 507 g/mol. The molecule has 1 heterocycles. The van der Waals surface area contributed by atoms with Gasteiger partial charge in [-0.3, -0.25) is 14.4 Å². The van der Waals surface area contributed by atoms with Crippen LogP contribution in [0.15, 0.2) is 65.3 Å². The highest BCUT2D eigenvalue weighted by Crippen LogP contribution is 2.32. The Morgan fingerprint density at radius 3 is 2.06 bits per heavy atom. The number of rotatable bonds is 5. The number of anilines is 3. The van der Waals surface area contributed by atoms with Crippen molar-refractivity contribution < 1.29 is 14.4 Å². The summed E-state index contributed by atoms with van der Waals surface area (Å²) in [6.07, 6.45) is 0. The number of nitrogens with zero attached hydrogens (tertiary/aromatic N) is 1. The summed E-state index contributed by atoms with van der Waals surface area (Å²) >= 11 is 12.2. The number of carbonyl (C=O) groups is 3. The summed E-state index contributed by atoms with van der Waals surface area (Å²) in [6, 6.07) is 15.4. The number of hydrogen-bond acceptors (Lipinski definition) is 4. The molecule has 3 aromatic carbocycles. The van der Waals surface area contributed by atoms with E-state index in [0.717, 1.165) is 32.8 Å². The predicted octanol–water partition coefficient (Wildman–Crippen LogP) is 6.26. The van der Waals surface area contributed by atoms with Gasteiger partial charge in [-0.15, -0.1) is 0 Å². The SMILES string of the molecule is Cc1cc(C)c(NC(=O)c2ccc(C)c(NC3=C(Cl)C(=O)N(c4ccc(Cl)cc4)C3=O)c2)c(C)c1. The average molecular weight is 508 g/mol. The van der Waals surface area contributed by atoms with Crippen LogP contribution in [0, 0.1) is 27.7 Å². The van der Waals surface area contributed by atoms with Crippen molar-refractivity contribution >= 4 is 58.0 Å². The molecule has 4 rings (SSSR count). The van der Waals surface area contributed by atoms with Crippen LogP contribution < -0.4 is 15.5 Å². The molecule has 6 nitrogen and oxygen atoms in total. The van der Waals surface area contributed by atoms with Crippen LogP contribution in [0.5, 0.6) is 0 Å². The number of halogens is 2. The van der Waals surface area contributed by atoms with Gasteiger partial charge < -0.3 is 10.6 Å². The summed E-state index contributed by atoms with van der Waals surface area (Å²) in [7, 11) is 0. The number of hydrogen-bond donors (Lipinski definition) is 2. The number of aryl methyl sites for hydroxylation is 4. The third kappa shape index (κ3) is 4.81. The lowest BCUT2D eigenvalue weighted by atomic mass is 10.0. The number of amides is 3. The zero-order valence-corrected chi connectivity index (χ0v) is 21.1. The van der Waals surface area contributed by atoms with Crippen LogP contribution in [0.4, 0.5) is 17.1 Å². The van der Waals surface area contributed by atoms with E-state index >= 15 is 0 Å². The topological polar surface area (TPSA) is 78.5 Å². The summed E-state index contributed by atoms with van der Waals surface area (Å²) in [4.78, 5) is 39.8. The molecule has 0 spiro atoms. The molecule has 0 radical (unpaired) electrons. The van der Waals surface area contributed by atoms with Crippen molar-refractivity contribution in [3.05, 3.63) is 98.2 Å². The lowest BCUT2D eigenvalue weighted by Gasteiger charge is -2.16. The fourth-order valence-corrected chi connectivity index (χ4v) is 4.37. The Labute approximate surface area is 213 Å². The van der Waals surface area contributed by atoms with Gasteiger partial charge in [0, 0.05) is 22.0 Å². The van der Waals surface area contributed by atoms with Gasteiger partial charge in [0.1, 0.15) is 10.7 Å². The molecule has 178 valence electrons. The van der Waals surface area contributed by atoms with Gasteiger partial charge in [-0.2, -0.15) is 0 Å². The number of imide groups is 1. The minimum atomic E-state index is -0.640. The summed E-state index contributed by atoms with van der Waals surface area (Å²) in [5.74, 6) is -1.53. The average Bonchev–Trinajstić information content (AvgIpc) is 3.01. The molecule has 0 saturated carbocycles. The van der Waals surface area contributed by atoms with Crippen molar-refractivity contribution in [1.82, 2.24) is 0 Å². The van der Waals surface area contributed by atoms with Gasteiger partial charge in [-0.1, -0.05) is 47.0 Å². The first-order valence-electron chi connectivity index (χ1n) is 10.9. The zero-order chi connectivity index (χ0) is 25.4. The molecule has 35 heavy (non-hydrogen) atoms. The van der Waals surface area contributed by atoms with Crippen LogP contribution in [0.1, 0.15) is 32.6 Å². The highest BCUT2D eigenvalue weighted by Gasteiger charge is 2.39. The maximum absolute atomic E-state index is 13.1. The Hall–Kier alpha value is -3.61. The minimum Gasteiger partial charge on any atom is -0.349 e.